The second kappa shape index (κ2) is 9.95. The van der Waals surface area contributed by atoms with E-state index in [4.69, 9.17) is 4.74 Å². The SMILES string of the molecule is CCN(CC)c1ccc(/C=N\NC(=O)Cc2cccc(C(F)(F)F)c2)c(OC)c1. The quantitative estimate of drug-likeness (QED) is 0.526. The van der Waals surface area contributed by atoms with E-state index in [0.717, 1.165) is 30.9 Å². The second-order valence-corrected chi connectivity index (χ2v) is 6.27. The number of amides is 1. The summed E-state index contributed by atoms with van der Waals surface area (Å²) in [4.78, 5) is 14.2. The zero-order valence-electron chi connectivity index (χ0n) is 16.6. The van der Waals surface area contributed by atoms with Crippen molar-refractivity contribution in [2.75, 3.05) is 25.1 Å². The van der Waals surface area contributed by atoms with Gasteiger partial charge in [-0.1, -0.05) is 18.2 Å². The molecule has 1 N–H and O–H groups in total. The predicted octanol–water partition coefficient (Wildman–Crippen LogP) is 4.25. The summed E-state index contributed by atoms with van der Waals surface area (Å²) in [6, 6.07) is 10.3. The molecule has 0 heterocycles. The fourth-order valence-electron chi connectivity index (χ4n) is 2.85. The molecule has 0 radical (unpaired) electrons. The summed E-state index contributed by atoms with van der Waals surface area (Å²) in [5.41, 5.74) is 3.48. The van der Waals surface area contributed by atoms with Crippen LogP contribution in [0.15, 0.2) is 47.6 Å². The van der Waals surface area contributed by atoms with Gasteiger partial charge in [0.1, 0.15) is 5.75 Å². The van der Waals surface area contributed by atoms with Crippen LogP contribution in [0.5, 0.6) is 5.75 Å². The number of hydrazone groups is 1. The predicted molar refractivity (Wildman–Crippen MR) is 107 cm³/mol. The molecule has 2 aromatic rings. The number of benzene rings is 2. The number of anilines is 1. The summed E-state index contributed by atoms with van der Waals surface area (Å²) in [6.45, 7) is 5.84. The first-order valence-corrected chi connectivity index (χ1v) is 9.19. The maximum atomic E-state index is 12.8. The number of nitrogens with one attached hydrogen (secondary N) is 1. The fourth-order valence-corrected chi connectivity index (χ4v) is 2.85. The van der Waals surface area contributed by atoms with E-state index in [9.17, 15) is 18.0 Å². The van der Waals surface area contributed by atoms with Crippen LogP contribution in [-0.4, -0.2) is 32.3 Å². The lowest BCUT2D eigenvalue weighted by Gasteiger charge is -2.21. The maximum Gasteiger partial charge on any atom is 0.416 e. The minimum atomic E-state index is -4.45. The molecule has 0 saturated carbocycles. The van der Waals surface area contributed by atoms with Gasteiger partial charge in [0.15, 0.2) is 0 Å². The van der Waals surface area contributed by atoms with Gasteiger partial charge in [0.2, 0.25) is 5.91 Å². The molecule has 1 amide bonds. The van der Waals surface area contributed by atoms with Crippen molar-refractivity contribution in [1.29, 1.82) is 0 Å². The van der Waals surface area contributed by atoms with Gasteiger partial charge in [-0.25, -0.2) is 5.43 Å². The number of carbonyl (C=O) groups excluding carboxylic acids is 1. The van der Waals surface area contributed by atoms with Crippen molar-refractivity contribution < 1.29 is 22.7 Å². The molecule has 0 aliphatic carbocycles. The molecule has 0 spiro atoms. The summed E-state index contributed by atoms with van der Waals surface area (Å²) >= 11 is 0. The minimum absolute atomic E-state index is 0.209. The van der Waals surface area contributed by atoms with Crippen molar-refractivity contribution in [3.63, 3.8) is 0 Å². The number of hydrogen-bond donors (Lipinski definition) is 1. The van der Waals surface area contributed by atoms with Gasteiger partial charge in [-0.2, -0.15) is 18.3 Å². The molecule has 0 atom stereocenters. The number of carbonyl (C=O) groups is 1. The number of halogens is 3. The van der Waals surface area contributed by atoms with Crippen LogP contribution in [0.25, 0.3) is 0 Å². The molecule has 0 saturated heterocycles. The first kappa shape index (κ1) is 22.3. The Labute approximate surface area is 168 Å². The third-order valence-corrected chi connectivity index (χ3v) is 4.36. The Morgan fingerprint density at radius 3 is 2.52 bits per heavy atom. The third kappa shape index (κ3) is 6.23. The third-order valence-electron chi connectivity index (χ3n) is 4.36. The van der Waals surface area contributed by atoms with Gasteiger partial charge in [-0.05, 0) is 37.6 Å². The van der Waals surface area contributed by atoms with E-state index in [-0.39, 0.29) is 12.0 Å². The van der Waals surface area contributed by atoms with Crippen LogP contribution in [0, 0.1) is 0 Å². The average molecular weight is 407 g/mol. The molecule has 5 nitrogen and oxygen atoms in total. The molecule has 2 aromatic carbocycles. The van der Waals surface area contributed by atoms with Gasteiger partial charge in [-0.3, -0.25) is 4.79 Å². The normalized spacial score (nSPS) is 11.5. The highest BCUT2D eigenvalue weighted by atomic mass is 19.4. The number of ether oxygens (including phenoxy) is 1. The molecule has 0 aliphatic heterocycles. The molecular weight excluding hydrogens is 383 g/mol. The van der Waals surface area contributed by atoms with Gasteiger partial charge >= 0.3 is 6.18 Å². The Kier molecular flexibility index (Phi) is 7.64. The summed E-state index contributed by atoms with van der Waals surface area (Å²) in [6.07, 6.45) is -3.22. The Morgan fingerprint density at radius 1 is 1.17 bits per heavy atom. The zero-order chi connectivity index (χ0) is 21.4. The molecule has 29 heavy (non-hydrogen) atoms. The van der Waals surface area contributed by atoms with Crippen molar-refractivity contribution in [3.8, 4) is 5.75 Å². The molecule has 0 aliphatic rings. The molecule has 0 unspecified atom stereocenters. The Morgan fingerprint density at radius 2 is 1.90 bits per heavy atom. The molecule has 156 valence electrons. The molecule has 0 bridgehead atoms. The van der Waals surface area contributed by atoms with Gasteiger partial charge in [0.05, 0.1) is 25.3 Å². The van der Waals surface area contributed by atoms with Crippen LogP contribution < -0.4 is 15.1 Å². The highest BCUT2D eigenvalue weighted by molar-refractivity contribution is 5.86. The van der Waals surface area contributed by atoms with Crippen molar-refractivity contribution in [2.45, 2.75) is 26.4 Å². The number of hydrogen-bond acceptors (Lipinski definition) is 4. The highest BCUT2D eigenvalue weighted by Crippen LogP contribution is 2.29. The van der Waals surface area contributed by atoms with E-state index in [1.54, 1.807) is 7.11 Å². The maximum absolute atomic E-state index is 12.8. The highest BCUT2D eigenvalue weighted by Gasteiger charge is 2.30. The monoisotopic (exact) mass is 407 g/mol. The van der Waals surface area contributed by atoms with Crippen LogP contribution >= 0.6 is 0 Å². The van der Waals surface area contributed by atoms with Gasteiger partial charge in [-0.15, -0.1) is 0 Å². The van der Waals surface area contributed by atoms with Gasteiger partial charge < -0.3 is 9.64 Å². The lowest BCUT2D eigenvalue weighted by molar-refractivity contribution is -0.137. The number of alkyl halides is 3. The Hall–Kier alpha value is -3.03. The van der Waals surface area contributed by atoms with E-state index >= 15 is 0 Å². The molecular formula is C21H24F3N3O2. The van der Waals surface area contributed by atoms with Crippen LogP contribution in [0.2, 0.25) is 0 Å². The fraction of sp³-hybridized carbons (Fsp3) is 0.333. The number of methoxy groups -OCH3 is 1. The first-order chi connectivity index (χ1) is 13.8. The van der Waals surface area contributed by atoms with Crippen molar-refractivity contribution in [3.05, 3.63) is 59.2 Å². The minimum Gasteiger partial charge on any atom is -0.496 e. The van der Waals surface area contributed by atoms with Crippen molar-refractivity contribution in [1.82, 2.24) is 5.43 Å². The lowest BCUT2D eigenvalue weighted by atomic mass is 10.1. The van der Waals surface area contributed by atoms with E-state index in [2.05, 4.69) is 29.3 Å². The molecule has 8 heteroatoms. The van der Waals surface area contributed by atoms with Crippen molar-refractivity contribution in [2.24, 2.45) is 5.10 Å². The smallest absolute Gasteiger partial charge is 0.416 e. The van der Waals surface area contributed by atoms with Crippen molar-refractivity contribution >= 4 is 17.8 Å². The Bertz CT molecular complexity index is 862. The molecule has 0 fully saturated rings. The number of nitrogens with zero attached hydrogens (tertiary/aromatic N) is 2. The van der Waals surface area contributed by atoms with E-state index in [1.165, 1.54) is 18.3 Å². The summed E-state index contributed by atoms with van der Waals surface area (Å²) in [7, 11) is 1.55. The topological polar surface area (TPSA) is 53.9 Å². The van der Waals surface area contributed by atoms with Crippen LogP contribution in [0.3, 0.4) is 0 Å². The van der Waals surface area contributed by atoms with E-state index < -0.39 is 17.6 Å². The molecule has 2 rings (SSSR count). The Balaban J connectivity index is 2.03. The first-order valence-electron chi connectivity index (χ1n) is 9.19. The van der Waals surface area contributed by atoms with Crippen LogP contribution in [0.4, 0.5) is 18.9 Å². The van der Waals surface area contributed by atoms with Crippen LogP contribution in [0.1, 0.15) is 30.5 Å². The second-order valence-electron chi connectivity index (χ2n) is 6.27. The summed E-state index contributed by atoms with van der Waals surface area (Å²) in [5, 5.41) is 3.89. The largest absolute Gasteiger partial charge is 0.496 e. The van der Waals surface area contributed by atoms with Crippen LogP contribution in [-0.2, 0) is 17.4 Å². The zero-order valence-corrected chi connectivity index (χ0v) is 16.6. The lowest BCUT2D eigenvalue weighted by Crippen LogP contribution is -2.22. The summed E-state index contributed by atoms with van der Waals surface area (Å²) < 4.78 is 43.6. The van der Waals surface area contributed by atoms with Gasteiger partial charge in [0, 0.05) is 30.4 Å². The molecule has 0 aromatic heterocycles. The van der Waals surface area contributed by atoms with E-state index in [1.807, 2.05) is 18.2 Å². The summed E-state index contributed by atoms with van der Waals surface area (Å²) in [5.74, 6) is 0.0876. The number of rotatable bonds is 8. The van der Waals surface area contributed by atoms with E-state index in [0.29, 0.717) is 11.3 Å². The standard InChI is InChI=1S/C21H24F3N3O2/c1-4-27(5-2)18-10-9-16(19(13-18)29-3)14-25-26-20(28)12-15-7-6-8-17(11-15)21(22,23)24/h6-11,13-14H,4-5,12H2,1-3H3,(H,26,28)/b25-14-. The van der Waals surface area contributed by atoms with Gasteiger partial charge in [0.25, 0.3) is 0 Å². The average Bonchev–Trinajstić information content (AvgIpc) is 2.69.